The summed E-state index contributed by atoms with van der Waals surface area (Å²) < 4.78 is 18.6. The topological polar surface area (TPSA) is 75.4 Å². The van der Waals surface area contributed by atoms with Crippen molar-refractivity contribution in [3.63, 3.8) is 0 Å². The van der Waals surface area contributed by atoms with Gasteiger partial charge >= 0.3 is 6.09 Å². The van der Waals surface area contributed by atoms with Crippen molar-refractivity contribution in [3.05, 3.63) is 36.0 Å². The minimum atomic E-state index is -1.20. The average molecular weight is 292 g/mol. The Balaban J connectivity index is 2.22. The van der Waals surface area contributed by atoms with Gasteiger partial charge in [-0.15, -0.1) is 0 Å². The van der Waals surface area contributed by atoms with E-state index in [-0.39, 0.29) is 12.1 Å². The second-order valence-corrected chi connectivity index (χ2v) is 4.69. The van der Waals surface area contributed by atoms with Crippen LogP contribution in [-0.4, -0.2) is 22.7 Å². The molecule has 5 nitrogen and oxygen atoms in total. The van der Waals surface area contributed by atoms with Crippen molar-refractivity contribution in [2.75, 3.05) is 6.54 Å². The van der Waals surface area contributed by atoms with Crippen molar-refractivity contribution >= 4 is 22.8 Å². The number of unbranched alkanes of at least 4 members (excludes halogenated alkanes) is 1. The highest BCUT2D eigenvalue weighted by molar-refractivity contribution is 5.80. The Morgan fingerprint density at radius 2 is 2.33 bits per heavy atom. The van der Waals surface area contributed by atoms with E-state index in [1.807, 2.05) is 0 Å². The van der Waals surface area contributed by atoms with Gasteiger partial charge < -0.3 is 14.8 Å². The van der Waals surface area contributed by atoms with Crippen LogP contribution in [0.5, 0.6) is 0 Å². The fourth-order valence-electron chi connectivity index (χ4n) is 1.98. The predicted octanol–water partition coefficient (Wildman–Crippen LogP) is 3.75. The summed E-state index contributed by atoms with van der Waals surface area (Å²) in [6.07, 6.45) is 2.02. The smallest absolute Gasteiger partial charge is 0.404 e. The lowest BCUT2D eigenvalue weighted by atomic mass is 10.1. The van der Waals surface area contributed by atoms with E-state index >= 15 is 0 Å². The standard InChI is InChI=1S/C15H17FN2O3/c1-2-3-4-14-18-12-6-5-10(7-13(12)21-14)11(8-16)9-17-15(19)20/h5-8,17H,2-4,9H2,1H3,(H,19,20). The van der Waals surface area contributed by atoms with Gasteiger partial charge in [-0.1, -0.05) is 19.4 Å². The van der Waals surface area contributed by atoms with E-state index in [4.69, 9.17) is 9.52 Å². The summed E-state index contributed by atoms with van der Waals surface area (Å²) in [7, 11) is 0. The number of hydrogen-bond acceptors (Lipinski definition) is 3. The molecule has 21 heavy (non-hydrogen) atoms. The molecule has 0 aliphatic rings. The Labute approximate surface area is 121 Å². The molecule has 1 aromatic heterocycles. The minimum absolute atomic E-state index is 0.103. The van der Waals surface area contributed by atoms with Gasteiger partial charge in [0.2, 0.25) is 0 Å². The SMILES string of the molecule is CCCCc1nc2ccc(C(=CF)CNC(=O)O)cc2o1. The number of nitrogens with one attached hydrogen (secondary N) is 1. The summed E-state index contributed by atoms with van der Waals surface area (Å²) in [5.74, 6) is 0.665. The van der Waals surface area contributed by atoms with Crippen molar-refractivity contribution in [3.8, 4) is 0 Å². The van der Waals surface area contributed by atoms with Crippen LogP contribution in [0.3, 0.4) is 0 Å². The Hall–Kier alpha value is -2.37. The van der Waals surface area contributed by atoms with Gasteiger partial charge in [-0.05, 0) is 24.1 Å². The molecule has 2 N–H and O–H groups in total. The Morgan fingerprint density at radius 1 is 1.52 bits per heavy atom. The lowest BCUT2D eigenvalue weighted by molar-refractivity contribution is 0.196. The number of aromatic nitrogens is 1. The van der Waals surface area contributed by atoms with Crippen LogP contribution in [0.4, 0.5) is 9.18 Å². The van der Waals surface area contributed by atoms with E-state index in [9.17, 15) is 9.18 Å². The normalized spacial score (nSPS) is 11.8. The molecule has 1 aromatic carbocycles. The molecule has 1 amide bonds. The molecule has 6 heteroatoms. The molecule has 0 fully saturated rings. The Bertz CT molecular complexity index is 664. The molecule has 0 saturated carbocycles. The van der Waals surface area contributed by atoms with E-state index in [0.717, 1.165) is 19.3 Å². The second kappa shape index (κ2) is 6.88. The van der Waals surface area contributed by atoms with E-state index in [1.165, 1.54) is 0 Å². The Morgan fingerprint density at radius 3 is 3.00 bits per heavy atom. The third kappa shape index (κ3) is 3.81. The number of halogens is 1. The molecule has 1 heterocycles. The van der Waals surface area contributed by atoms with Crippen LogP contribution in [0.25, 0.3) is 16.7 Å². The number of hydrogen-bond donors (Lipinski definition) is 2. The van der Waals surface area contributed by atoms with Gasteiger partial charge in [0.1, 0.15) is 5.52 Å². The summed E-state index contributed by atoms with van der Waals surface area (Å²) in [6.45, 7) is 1.99. The van der Waals surface area contributed by atoms with Crippen molar-refractivity contribution < 1.29 is 18.7 Å². The molecule has 2 aromatic rings. The number of aryl methyl sites for hydroxylation is 1. The molecular weight excluding hydrogens is 275 g/mol. The molecule has 0 radical (unpaired) electrons. The number of nitrogens with zero attached hydrogens (tertiary/aromatic N) is 1. The molecular formula is C15H17FN2O3. The number of benzene rings is 1. The monoisotopic (exact) mass is 292 g/mol. The summed E-state index contributed by atoms with van der Waals surface area (Å²) in [4.78, 5) is 14.8. The zero-order chi connectivity index (χ0) is 15.2. The van der Waals surface area contributed by atoms with Crippen LogP contribution < -0.4 is 5.32 Å². The average Bonchev–Trinajstić information content (AvgIpc) is 2.87. The van der Waals surface area contributed by atoms with E-state index in [2.05, 4.69) is 17.2 Å². The highest BCUT2D eigenvalue weighted by Gasteiger charge is 2.09. The zero-order valence-electron chi connectivity index (χ0n) is 11.7. The first-order valence-corrected chi connectivity index (χ1v) is 6.80. The molecule has 2 rings (SSSR count). The zero-order valence-corrected chi connectivity index (χ0v) is 11.7. The molecule has 0 bridgehead atoms. The van der Waals surface area contributed by atoms with Crippen molar-refractivity contribution in [1.82, 2.24) is 10.3 Å². The van der Waals surface area contributed by atoms with Gasteiger partial charge in [0.15, 0.2) is 11.5 Å². The number of rotatable bonds is 6. The summed E-state index contributed by atoms with van der Waals surface area (Å²) >= 11 is 0. The van der Waals surface area contributed by atoms with Gasteiger partial charge in [-0.25, -0.2) is 14.2 Å². The maximum absolute atomic E-state index is 12.9. The molecule has 0 aliphatic carbocycles. The van der Waals surface area contributed by atoms with Crippen LogP contribution in [0.1, 0.15) is 31.2 Å². The van der Waals surface area contributed by atoms with E-state index < -0.39 is 6.09 Å². The first-order chi connectivity index (χ1) is 10.1. The molecule has 112 valence electrons. The van der Waals surface area contributed by atoms with Crippen LogP contribution in [-0.2, 0) is 6.42 Å². The molecule has 0 aliphatic heterocycles. The van der Waals surface area contributed by atoms with E-state index in [0.29, 0.717) is 28.9 Å². The lowest BCUT2D eigenvalue weighted by Gasteiger charge is -2.05. The van der Waals surface area contributed by atoms with Gasteiger partial charge in [0.25, 0.3) is 0 Å². The first kappa shape index (κ1) is 15.0. The predicted molar refractivity (Wildman–Crippen MR) is 77.7 cm³/mol. The number of oxazole rings is 1. The third-order valence-corrected chi connectivity index (χ3v) is 3.11. The second-order valence-electron chi connectivity index (χ2n) is 4.69. The van der Waals surface area contributed by atoms with Crippen molar-refractivity contribution in [2.45, 2.75) is 26.2 Å². The third-order valence-electron chi connectivity index (χ3n) is 3.11. The highest BCUT2D eigenvalue weighted by Crippen LogP contribution is 2.22. The van der Waals surface area contributed by atoms with Crippen LogP contribution in [0.2, 0.25) is 0 Å². The van der Waals surface area contributed by atoms with Crippen molar-refractivity contribution in [2.24, 2.45) is 0 Å². The fourth-order valence-corrected chi connectivity index (χ4v) is 1.98. The summed E-state index contributed by atoms with van der Waals surface area (Å²) in [5.41, 5.74) is 2.10. The van der Waals surface area contributed by atoms with Crippen LogP contribution in [0, 0.1) is 0 Å². The molecule has 0 spiro atoms. The molecule has 0 unspecified atom stereocenters. The quantitative estimate of drug-likeness (QED) is 0.850. The minimum Gasteiger partial charge on any atom is -0.465 e. The van der Waals surface area contributed by atoms with Crippen LogP contribution >= 0.6 is 0 Å². The number of amides is 1. The molecule has 0 atom stereocenters. The summed E-state index contributed by atoms with van der Waals surface area (Å²) in [6, 6.07) is 5.12. The van der Waals surface area contributed by atoms with Gasteiger partial charge in [-0.3, -0.25) is 0 Å². The fraction of sp³-hybridized carbons (Fsp3) is 0.333. The maximum atomic E-state index is 12.9. The Kier molecular flexibility index (Phi) is 4.92. The summed E-state index contributed by atoms with van der Waals surface area (Å²) in [5, 5.41) is 10.7. The lowest BCUT2D eigenvalue weighted by Crippen LogP contribution is -2.22. The van der Waals surface area contributed by atoms with Gasteiger partial charge in [0.05, 0.1) is 6.33 Å². The first-order valence-electron chi connectivity index (χ1n) is 6.80. The van der Waals surface area contributed by atoms with Crippen LogP contribution in [0.15, 0.2) is 28.9 Å². The largest absolute Gasteiger partial charge is 0.465 e. The van der Waals surface area contributed by atoms with Gasteiger partial charge in [0, 0.05) is 18.5 Å². The van der Waals surface area contributed by atoms with E-state index in [1.54, 1.807) is 18.2 Å². The number of fused-ring (bicyclic) bond motifs is 1. The highest BCUT2D eigenvalue weighted by atomic mass is 19.1. The number of carboxylic acid groups (broad SMARTS) is 1. The number of carbonyl (C=O) groups is 1. The maximum Gasteiger partial charge on any atom is 0.404 e. The van der Waals surface area contributed by atoms with Gasteiger partial charge in [-0.2, -0.15) is 0 Å². The van der Waals surface area contributed by atoms with Crippen molar-refractivity contribution in [1.29, 1.82) is 0 Å². The molecule has 0 saturated heterocycles.